The van der Waals surface area contributed by atoms with Gasteiger partial charge < -0.3 is 15.2 Å². The molecule has 3 aromatic rings. The van der Waals surface area contributed by atoms with E-state index in [1.165, 1.54) is 0 Å². The molecule has 0 atom stereocenters. The normalized spacial score (nSPS) is 17.2. The number of rotatable bonds is 3. The number of aromatic amines is 1. The van der Waals surface area contributed by atoms with E-state index in [0.29, 0.717) is 17.8 Å². The smallest absolute Gasteiger partial charge is 0.254 e. The van der Waals surface area contributed by atoms with Crippen molar-refractivity contribution in [3.63, 3.8) is 0 Å². The Morgan fingerprint density at radius 1 is 1.30 bits per heavy atom. The average Bonchev–Trinajstić information content (AvgIpc) is 3.26. The number of anilines is 1. The average molecular weight is 425 g/mol. The second kappa shape index (κ2) is 5.92. The number of carbonyl (C=O) groups excluding carboxylic acids is 2. The van der Waals surface area contributed by atoms with Gasteiger partial charge in [-0.15, -0.1) is 0 Å². The zero-order valence-electron chi connectivity index (χ0n) is 14.5. The number of nitrogens with one attached hydrogen (secondary N) is 2. The van der Waals surface area contributed by atoms with Gasteiger partial charge in [0, 0.05) is 33.6 Å². The van der Waals surface area contributed by atoms with Crippen LogP contribution in [0.5, 0.6) is 0 Å². The van der Waals surface area contributed by atoms with Crippen LogP contribution in [0.1, 0.15) is 28.8 Å². The van der Waals surface area contributed by atoms with Crippen molar-refractivity contribution in [2.45, 2.75) is 18.3 Å². The second-order valence-corrected chi connectivity index (χ2v) is 8.23. The maximum absolute atomic E-state index is 12.9. The van der Waals surface area contributed by atoms with Crippen molar-refractivity contribution < 1.29 is 9.59 Å². The molecule has 1 fully saturated rings. The number of halogens is 1. The van der Waals surface area contributed by atoms with Gasteiger partial charge in [-0.3, -0.25) is 9.59 Å². The first-order valence-electron chi connectivity index (χ1n) is 8.86. The Morgan fingerprint density at radius 3 is 2.96 bits per heavy atom. The standard InChI is InChI=1S/C20H17BrN4O2/c21-13-1-2-15-16(8-13)20(4-5-20)11-25(19(15)27)10-17(26)24-14-7-12-3-6-22-18(12)23-9-14/h1-3,6-9H,4-5,10-11H2,(H,22,23)(H,24,26). The summed E-state index contributed by atoms with van der Waals surface area (Å²) in [6.07, 6.45) is 5.52. The van der Waals surface area contributed by atoms with Crippen molar-refractivity contribution in [1.29, 1.82) is 0 Å². The number of hydrogen-bond acceptors (Lipinski definition) is 3. The fourth-order valence-electron chi connectivity index (χ4n) is 3.92. The number of aromatic nitrogens is 2. The van der Waals surface area contributed by atoms with Crippen LogP contribution >= 0.6 is 15.9 Å². The topological polar surface area (TPSA) is 78.1 Å². The van der Waals surface area contributed by atoms with Gasteiger partial charge in [0.05, 0.1) is 11.9 Å². The lowest BCUT2D eigenvalue weighted by atomic mass is 9.86. The van der Waals surface area contributed by atoms with Gasteiger partial charge in [-0.2, -0.15) is 0 Å². The lowest BCUT2D eigenvalue weighted by Crippen LogP contribution is -2.46. The molecule has 0 saturated heterocycles. The molecule has 2 N–H and O–H groups in total. The molecule has 0 radical (unpaired) electrons. The highest BCUT2D eigenvalue weighted by Crippen LogP contribution is 2.52. The Hall–Kier alpha value is -2.67. The number of carbonyl (C=O) groups is 2. The minimum Gasteiger partial charge on any atom is -0.346 e. The Kier molecular flexibility index (Phi) is 3.62. The highest BCUT2D eigenvalue weighted by molar-refractivity contribution is 9.10. The Labute approximate surface area is 164 Å². The molecule has 7 heteroatoms. The Morgan fingerprint density at radius 2 is 2.15 bits per heavy atom. The molecule has 5 rings (SSSR count). The summed E-state index contributed by atoms with van der Waals surface area (Å²) in [6.45, 7) is 0.638. The highest BCUT2D eigenvalue weighted by atomic mass is 79.9. The number of benzene rings is 1. The van der Waals surface area contributed by atoms with E-state index in [2.05, 4.69) is 37.3 Å². The number of nitrogens with zero attached hydrogens (tertiary/aromatic N) is 2. The molecular formula is C20H17BrN4O2. The predicted molar refractivity (Wildman–Crippen MR) is 106 cm³/mol. The summed E-state index contributed by atoms with van der Waals surface area (Å²) in [5.74, 6) is -0.291. The summed E-state index contributed by atoms with van der Waals surface area (Å²) < 4.78 is 0.985. The molecule has 136 valence electrons. The number of amides is 2. The molecule has 1 aliphatic carbocycles. The molecule has 6 nitrogen and oxygen atoms in total. The van der Waals surface area contributed by atoms with Crippen LogP contribution in [-0.4, -0.2) is 39.8 Å². The van der Waals surface area contributed by atoms with Crippen molar-refractivity contribution in [3.8, 4) is 0 Å². The lowest BCUT2D eigenvalue weighted by Gasteiger charge is -2.34. The molecule has 0 unspecified atom stereocenters. The molecule has 0 bridgehead atoms. The van der Waals surface area contributed by atoms with Gasteiger partial charge in [0.25, 0.3) is 5.91 Å². The Balaban J connectivity index is 1.35. The second-order valence-electron chi connectivity index (χ2n) is 7.32. The van der Waals surface area contributed by atoms with Crippen LogP contribution in [0.15, 0.2) is 47.2 Å². The number of pyridine rings is 1. The van der Waals surface area contributed by atoms with Crippen molar-refractivity contribution in [1.82, 2.24) is 14.9 Å². The first-order chi connectivity index (χ1) is 13.0. The van der Waals surface area contributed by atoms with E-state index in [1.54, 1.807) is 17.3 Å². The third kappa shape index (κ3) is 2.82. The minimum absolute atomic E-state index is 0.0128. The molecule has 2 amide bonds. The molecule has 1 spiro atoms. The largest absolute Gasteiger partial charge is 0.346 e. The zero-order chi connectivity index (χ0) is 18.6. The van der Waals surface area contributed by atoms with E-state index in [-0.39, 0.29) is 23.8 Å². The van der Waals surface area contributed by atoms with E-state index in [1.807, 2.05) is 24.3 Å². The van der Waals surface area contributed by atoms with Crippen LogP contribution in [-0.2, 0) is 10.2 Å². The van der Waals surface area contributed by atoms with E-state index in [9.17, 15) is 9.59 Å². The van der Waals surface area contributed by atoms with Gasteiger partial charge in [-0.1, -0.05) is 15.9 Å². The number of H-pyrrole nitrogens is 1. The molecule has 2 aromatic heterocycles. The van der Waals surface area contributed by atoms with Crippen molar-refractivity contribution >= 4 is 44.5 Å². The van der Waals surface area contributed by atoms with Crippen molar-refractivity contribution in [3.05, 3.63) is 58.3 Å². The van der Waals surface area contributed by atoms with E-state index in [4.69, 9.17) is 0 Å². The SMILES string of the molecule is O=C(CN1CC2(CC2)c2cc(Br)ccc2C1=O)Nc1cnc2[nH]ccc2c1. The van der Waals surface area contributed by atoms with Crippen LogP contribution in [0.2, 0.25) is 0 Å². The molecule has 27 heavy (non-hydrogen) atoms. The van der Waals surface area contributed by atoms with Crippen molar-refractivity contribution in [2.24, 2.45) is 0 Å². The summed E-state index contributed by atoms with van der Waals surface area (Å²) in [4.78, 5) is 34.4. The first kappa shape index (κ1) is 16.5. The Bertz CT molecular complexity index is 1090. The fraction of sp³-hybridized carbons (Fsp3) is 0.250. The highest BCUT2D eigenvalue weighted by Gasteiger charge is 2.51. The van der Waals surface area contributed by atoms with Crippen LogP contribution < -0.4 is 5.32 Å². The maximum atomic E-state index is 12.9. The van der Waals surface area contributed by atoms with Gasteiger partial charge >= 0.3 is 0 Å². The zero-order valence-corrected chi connectivity index (χ0v) is 16.0. The van der Waals surface area contributed by atoms with Crippen LogP contribution in [0.4, 0.5) is 5.69 Å². The monoisotopic (exact) mass is 424 g/mol. The summed E-state index contributed by atoms with van der Waals surface area (Å²) in [7, 11) is 0. The third-order valence-electron chi connectivity index (χ3n) is 5.44. The van der Waals surface area contributed by atoms with Gasteiger partial charge in [0.2, 0.25) is 5.91 Å². The van der Waals surface area contributed by atoms with Crippen molar-refractivity contribution in [2.75, 3.05) is 18.4 Å². The summed E-state index contributed by atoms with van der Waals surface area (Å²) >= 11 is 3.50. The van der Waals surface area contributed by atoms with E-state index < -0.39 is 0 Å². The van der Waals surface area contributed by atoms with Gasteiger partial charge in [0.1, 0.15) is 12.2 Å². The predicted octanol–water partition coefficient (Wildman–Crippen LogP) is 3.45. The lowest BCUT2D eigenvalue weighted by molar-refractivity contribution is -0.117. The molecule has 1 saturated carbocycles. The molecular weight excluding hydrogens is 408 g/mol. The maximum Gasteiger partial charge on any atom is 0.254 e. The molecule has 1 aromatic carbocycles. The molecule has 2 aliphatic rings. The first-order valence-corrected chi connectivity index (χ1v) is 9.66. The van der Waals surface area contributed by atoms with Crippen LogP contribution in [0.3, 0.4) is 0 Å². The summed E-state index contributed by atoms with van der Waals surface area (Å²) in [6, 6.07) is 9.56. The number of fused-ring (bicyclic) bond motifs is 3. The van der Waals surface area contributed by atoms with E-state index >= 15 is 0 Å². The van der Waals surface area contributed by atoms with Gasteiger partial charge in [-0.05, 0) is 48.7 Å². The van der Waals surface area contributed by atoms with Gasteiger partial charge in [0.15, 0.2) is 0 Å². The molecule has 1 aliphatic heterocycles. The summed E-state index contributed by atoms with van der Waals surface area (Å²) in [5, 5.41) is 3.78. The van der Waals surface area contributed by atoms with Crippen LogP contribution in [0, 0.1) is 0 Å². The quantitative estimate of drug-likeness (QED) is 0.675. The fourth-order valence-corrected chi connectivity index (χ4v) is 4.28. The summed E-state index contributed by atoms with van der Waals surface area (Å²) in [5.41, 5.74) is 3.24. The number of hydrogen-bond donors (Lipinski definition) is 2. The van der Waals surface area contributed by atoms with E-state index in [0.717, 1.165) is 33.9 Å². The minimum atomic E-state index is -0.212. The molecule has 3 heterocycles. The van der Waals surface area contributed by atoms with Gasteiger partial charge in [-0.25, -0.2) is 4.98 Å². The third-order valence-corrected chi connectivity index (χ3v) is 5.93. The van der Waals surface area contributed by atoms with Crippen LogP contribution in [0.25, 0.3) is 11.0 Å².